The molecule has 6 heteroatoms. The smallest absolute Gasteiger partial charge is 0.226 e. The van der Waals surface area contributed by atoms with Gasteiger partial charge in [0.25, 0.3) is 0 Å². The van der Waals surface area contributed by atoms with Crippen molar-refractivity contribution >= 4 is 11.7 Å². The van der Waals surface area contributed by atoms with Crippen LogP contribution in [0.4, 0.5) is 5.82 Å². The highest BCUT2D eigenvalue weighted by molar-refractivity contribution is 5.94. The summed E-state index contributed by atoms with van der Waals surface area (Å²) in [5.74, 6) is 1.08. The molecule has 2 N–H and O–H groups in total. The quantitative estimate of drug-likeness (QED) is 0.744. The zero-order chi connectivity index (χ0) is 19.0. The Labute approximate surface area is 157 Å². The molecule has 1 unspecified atom stereocenters. The van der Waals surface area contributed by atoms with Gasteiger partial charge < -0.3 is 15.2 Å². The lowest BCUT2D eigenvalue weighted by Crippen LogP contribution is -2.24. The second-order valence-electron chi connectivity index (χ2n) is 6.77. The van der Waals surface area contributed by atoms with Crippen LogP contribution in [0.5, 0.6) is 11.5 Å². The minimum atomic E-state index is -0.231. The van der Waals surface area contributed by atoms with Gasteiger partial charge in [-0.1, -0.05) is 36.4 Å². The van der Waals surface area contributed by atoms with Crippen LogP contribution in [-0.2, 0) is 18.4 Å². The van der Waals surface area contributed by atoms with Gasteiger partial charge in [0, 0.05) is 36.6 Å². The number of carbonyl (C=O) groups is 1. The monoisotopic (exact) mass is 363 g/mol. The number of nitrogens with one attached hydrogen (secondary N) is 1. The molecule has 4 rings (SSSR count). The van der Waals surface area contributed by atoms with Crippen molar-refractivity contribution in [2.24, 2.45) is 7.05 Å². The number of phenols is 1. The molecule has 2 aromatic carbocycles. The van der Waals surface area contributed by atoms with Gasteiger partial charge in [0.1, 0.15) is 23.9 Å². The zero-order valence-corrected chi connectivity index (χ0v) is 15.3. The van der Waals surface area contributed by atoms with Crippen LogP contribution >= 0.6 is 0 Å². The number of aryl methyl sites for hydroxylation is 2. The van der Waals surface area contributed by atoms with E-state index in [1.165, 1.54) is 0 Å². The van der Waals surface area contributed by atoms with Gasteiger partial charge in [0.15, 0.2) is 0 Å². The molecule has 1 atom stereocenters. The molecule has 27 heavy (non-hydrogen) atoms. The molecule has 0 bridgehead atoms. The number of fused-ring (bicyclic) bond motifs is 1. The van der Waals surface area contributed by atoms with E-state index in [9.17, 15) is 9.90 Å². The van der Waals surface area contributed by atoms with E-state index >= 15 is 0 Å². The molecule has 2 heterocycles. The number of nitrogens with zero attached hydrogens (tertiary/aromatic N) is 2. The number of amides is 1. The maximum absolute atomic E-state index is 12.2. The molecule has 3 aromatic rings. The van der Waals surface area contributed by atoms with Gasteiger partial charge >= 0.3 is 0 Å². The summed E-state index contributed by atoms with van der Waals surface area (Å²) in [6.45, 7) is 2.34. The molecular formula is C21H21N3O3. The lowest BCUT2D eigenvalue weighted by molar-refractivity contribution is -0.116. The lowest BCUT2D eigenvalue weighted by atomic mass is 9.85. The maximum Gasteiger partial charge on any atom is 0.226 e. The molecule has 1 aliphatic rings. The van der Waals surface area contributed by atoms with Crippen molar-refractivity contribution in [1.29, 1.82) is 0 Å². The number of rotatable bonds is 4. The van der Waals surface area contributed by atoms with Crippen molar-refractivity contribution in [3.05, 3.63) is 70.9 Å². The minimum Gasteiger partial charge on any atom is -0.508 e. The number of phenolic OH excluding ortho intramolecular Hbond substituents is 1. The summed E-state index contributed by atoms with van der Waals surface area (Å²) in [6, 6.07) is 15.1. The van der Waals surface area contributed by atoms with Crippen LogP contribution in [-0.4, -0.2) is 20.8 Å². The molecule has 0 fully saturated rings. The van der Waals surface area contributed by atoms with Gasteiger partial charge in [-0.05, 0) is 18.6 Å². The van der Waals surface area contributed by atoms with Crippen molar-refractivity contribution in [3.63, 3.8) is 0 Å². The summed E-state index contributed by atoms with van der Waals surface area (Å²) in [6.07, 6.45) is 0.275. The third kappa shape index (κ3) is 3.26. The van der Waals surface area contributed by atoms with E-state index in [-0.39, 0.29) is 24.0 Å². The second-order valence-corrected chi connectivity index (χ2v) is 6.77. The van der Waals surface area contributed by atoms with E-state index in [1.54, 1.807) is 17.8 Å². The third-order valence-electron chi connectivity index (χ3n) is 4.89. The van der Waals surface area contributed by atoms with Crippen LogP contribution in [0.2, 0.25) is 0 Å². The Balaban J connectivity index is 1.61. The van der Waals surface area contributed by atoms with E-state index in [2.05, 4.69) is 10.4 Å². The number of aromatic nitrogens is 2. The highest BCUT2D eigenvalue weighted by atomic mass is 16.5. The standard InChI is InChI=1S/C21H21N3O3/c1-13-20-17(11-19(26)22-21(20)24(2)23-13)16-9-8-15(10-18(16)25)27-12-14-6-4-3-5-7-14/h3-10,17,25H,11-12H2,1-2H3,(H,22,26). The Morgan fingerprint density at radius 3 is 2.78 bits per heavy atom. The van der Waals surface area contributed by atoms with Gasteiger partial charge in [-0.15, -0.1) is 0 Å². The van der Waals surface area contributed by atoms with Gasteiger partial charge in [-0.3, -0.25) is 9.48 Å². The van der Waals surface area contributed by atoms with Crippen LogP contribution < -0.4 is 10.1 Å². The number of benzene rings is 2. The average Bonchev–Trinajstić information content (AvgIpc) is 2.94. The fraction of sp³-hybridized carbons (Fsp3) is 0.238. The van der Waals surface area contributed by atoms with Crippen LogP contribution in [0.15, 0.2) is 48.5 Å². The number of ether oxygens (including phenoxy) is 1. The summed E-state index contributed by atoms with van der Waals surface area (Å²) in [4.78, 5) is 12.2. The van der Waals surface area contributed by atoms with Crippen molar-refractivity contribution in [3.8, 4) is 11.5 Å². The van der Waals surface area contributed by atoms with Gasteiger partial charge in [0.2, 0.25) is 5.91 Å². The summed E-state index contributed by atoms with van der Waals surface area (Å²) in [7, 11) is 1.80. The molecule has 1 aliphatic heterocycles. The van der Waals surface area contributed by atoms with Crippen LogP contribution in [0.25, 0.3) is 0 Å². The van der Waals surface area contributed by atoms with Crippen molar-refractivity contribution in [2.75, 3.05) is 5.32 Å². The van der Waals surface area contributed by atoms with E-state index in [0.717, 1.165) is 16.8 Å². The summed E-state index contributed by atoms with van der Waals surface area (Å²) in [5.41, 5.74) is 3.56. The highest BCUT2D eigenvalue weighted by Gasteiger charge is 2.33. The van der Waals surface area contributed by atoms with Crippen LogP contribution in [0, 0.1) is 6.92 Å². The van der Waals surface area contributed by atoms with Crippen molar-refractivity contribution < 1.29 is 14.6 Å². The zero-order valence-electron chi connectivity index (χ0n) is 15.3. The fourth-order valence-corrected chi connectivity index (χ4v) is 3.62. The van der Waals surface area contributed by atoms with Gasteiger partial charge in [0.05, 0.1) is 5.69 Å². The van der Waals surface area contributed by atoms with Gasteiger partial charge in [-0.25, -0.2) is 0 Å². The lowest BCUT2D eigenvalue weighted by Gasteiger charge is -2.24. The SMILES string of the molecule is Cc1nn(C)c2c1C(c1ccc(OCc3ccccc3)cc1O)CC(=O)N2. The maximum atomic E-state index is 12.2. The second kappa shape index (κ2) is 6.79. The third-order valence-corrected chi connectivity index (χ3v) is 4.89. The first-order valence-corrected chi connectivity index (χ1v) is 8.86. The van der Waals surface area contributed by atoms with E-state index < -0.39 is 0 Å². The largest absolute Gasteiger partial charge is 0.508 e. The van der Waals surface area contributed by atoms with E-state index in [0.29, 0.717) is 23.7 Å². The molecule has 1 amide bonds. The van der Waals surface area contributed by atoms with Crippen molar-refractivity contribution in [2.45, 2.75) is 25.9 Å². The predicted octanol–water partition coefficient (Wildman–Crippen LogP) is 3.49. The molecular weight excluding hydrogens is 342 g/mol. The number of hydrogen-bond donors (Lipinski definition) is 2. The minimum absolute atomic E-state index is 0.0840. The van der Waals surface area contributed by atoms with Crippen LogP contribution in [0.1, 0.15) is 34.7 Å². The molecule has 138 valence electrons. The molecule has 0 aliphatic carbocycles. The molecule has 6 nitrogen and oxygen atoms in total. The highest BCUT2D eigenvalue weighted by Crippen LogP contribution is 2.42. The normalized spacial score (nSPS) is 15.9. The first kappa shape index (κ1) is 17.1. The first-order chi connectivity index (χ1) is 13.0. The Morgan fingerprint density at radius 1 is 1.26 bits per heavy atom. The number of aromatic hydroxyl groups is 1. The topological polar surface area (TPSA) is 76.4 Å². The number of hydrogen-bond acceptors (Lipinski definition) is 4. The molecule has 0 spiro atoms. The molecule has 0 saturated heterocycles. The molecule has 0 saturated carbocycles. The Bertz CT molecular complexity index is 995. The van der Waals surface area contributed by atoms with Crippen LogP contribution in [0.3, 0.4) is 0 Å². The number of carbonyl (C=O) groups excluding carboxylic acids is 1. The average molecular weight is 363 g/mol. The van der Waals surface area contributed by atoms with E-state index in [1.807, 2.05) is 49.4 Å². The Kier molecular flexibility index (Phi) is 4.32. The Morgan fingerprint density at radius 2 is 2.04 bits per heavy atom. The fourth-order valence-electron chi connectivity index (χ4n) is 3.62. The predicted molar refractivity (Wildman–Crippen MR) is 102 cm³/mol. The Hall–Kier alpha value is -3.28. The summed E-state index contributed by atoms with van der Waals surface area (Å²) < 4.78 is 7.45. The number of anilines is 1. The van der Waals surface area contributed by atoms with Crippen molar-refractivity contribution in [1.82, 2.24) is 9.78 Å². The van der Waals surface area contributed by atoms with Gasteiger partial charge in [-0.2, -0.15) is 5.10 Å². The summed E-state index contributed by atoms with van der Waals surface area (Å²) in [5, 5.41) is 17.9. The molecule has 1 aromatic heterocycles. The molecule has 0 radical (unpaired) electrons. The summed E-state index contributed by atoms with van der Waals surface area (Å²) >= 11 is 0. The van der Waals surface area contributed by atoms with E-state index in [4.69, 9.17) is 4.74 Å². The first-order valence-electron chi connectivity index (χ1n) is 8.86.